The number of carbonyl (C=O) groups is 1. The van der Waals surface area contributed by atoms with Gasteiger partial charge in [-0.05, 0) is 19.1 Å². The van der Waals surface area contributed by atoms with Crippen molar-refractivity contribution >= 4 is 17.2 Å². The lowest BCUT2D eigenvalue weighted by molar-refractivity contribution is 0.0940. The smallest absolute Gasteiger partial charge is 0.270 e. The van der Waals surface area contributed by atoms with Crippen molar-refractivity contribution in [1.82, 2.24) is 10.3 Å². The van der Waals surface area contributed by atoms with Gasteiger partial charge < -0.3 is 14.8 Å². The van der Waals surface area contributed by atoms with Gasteiger partial charge in [-0.15, -0.1) is 11.3 Å². The summed E-state index contributed by atoms with van der Waals surface area (Å²) >= 11 is 1.35. The Morgan fingerprint density at radius 3 is 3.06 bits per heavy atom. The van der Waals surface area contributed by atoms with E-state index in [0.717, 1.165) is 5.76 Å². The molecule has 0 saturated heterocycles. The zero-order chi connectivity index (χ0) is 12.3. The van der Waals surface area contributed by atoms with Gasteiger partial charge in [-0.3, -0.25) is 4.79 Å². The summed E-state index contributed by atoms with van der Waals surface area (Å²) in [6, 6.07) is 3.67. The Morgan fingerprint density at radius 1 is 1.59 bits per heavy atom. The molecule has 0 aliphatic heterocycles. The van der Waals surface area contributed by atoms with Crippen molar-refractivity contribution in [2.75, 3.05) is 13.2 Å². The van der Waals surface area contributed by atoms with Gasteiger partial charge in [-0.25, -0.2) is 4.98 Å². The Bertz CT molecular complexity index is 518. The summed E-state index contributed by atoms with van der Waals surface area (Å²) in [5.41, 5.74) is 0.340. The largest absolute Gasteiger partial charge is 0.459 e. The second-order valence-electron chi connectivity index (χ2n) is 3.43. The third kappa shape index (κ3) is 2.72. The molecule has 1 amide bonds. The Labute approximate surface area is 102 Å². The molecule has 2 aromatic rings. The molecule has 0 unspecified atom stereocenters. The van der Waals surface area contributed by atoms with Crippen LogP contribution in [0.4, 0.5) is 0 Å². The fourth-order valence-corrected chi connectivity index (χ4v) is 2.06. The van der Waals surface area contributed by atoms with Gasteiger partial charge in [0.25, 0.3) is 5.91 Å². The maximum absolute atomic E-state index is 11.5. The van der Waals surface area contributed by atoms with E-state index in [9.17, 15) is 4.79 Å². The fraction of sp³-hybridized carbons (Fsp3) is 0.273. The molecule has 2 aromatic heterocycles. The number of nitrogens with zero attached hydrogens (tertiary/aromatic N) is 1. The van der Waals surface area contributed by atoms with Crippen LogP contribution in [0.5, 0.6) is 0 Å². The summed E-state index contributed by atoms with van der Waals surface area (Å²) in [6.07, 6.45) is 0. The van der Waals surface area contributed by atoms with Crippen molar-refractivity contribution in [3.05, 3.63) is 29.0 Å². The zero-order valence-corrected chi connectivity index (χ0v) is 10.1. The third-order valence-corrected chi connectivity index (χ3v) is 2.94. The van der Waals surface area contributed by atoms with E-state index in [-0.39, 0.29) is 19.1 Å². The van der Waals surface area contributed by atoms with Crippen LogP contribution in [-0.2, 0) is 0 Å². The first-order valence-electron chi connectivity index (χ1n) is 5.12. The number of hydrogen-bond acceptors (Lipinski definition) is 5. The second kappa shape index (κ2) is 5.11. The summed E-state index contributed by atoms with van der Waals surface area (Å²) < 4.78 is 5.42. The molecule has 17 heavy (non-hydrogen) atoms. The first-order valence-corrected chi connectivity index (χ1v) is 6.00. The van der Waals surface area contributed by atoms with Crippen LogP contribution in [-0.4, -0.2) is 29.1 Å². The number of aliphatic hydroxyl groups is 1. The van der Waals surface area contributed by atoms with E-state index in [1.807, 2.05) is 19.1 Å². The number of carbonyl (C=O) groups excluding carboxylic acids is 1. The molecule has 0 fully saturated rings. The number of rotatable bonds is 4. The average Bonchev–Trinajstić information content (AvgIpc) is 2.93. The minimum Gasteiger partial charge on any atom is -0.459 e. The third-order valence-electron chi connectivity index (χ3n) is 2.09. The molecule has 0 aromatic carbocycles. The van der Waals surface area contributed by atoms with Crippen molar-refractivity contribution in [1.29, 1.82) is 0 Å². The number of hydrogen-bond donors (Lipinski definition) is 2. The van der Waals surface area contributed by atoms with Gasteiger partial charge in [0.15, 0.2) is 10.8 Å². The minimum absolute atomic E-state index is 0.0832. The van der Waals surface area contributed by atoms with Crippen molar-refractivity contribution in [3.8, 4) is 10.8 Å². The predicted octanol–water partition coefficient (Wildman–Crippen LogP) is 1.43. The Kier molecular flexibility index (Phi) is 3.55. The van der Waals surface area contributed by atoms with Crippen LogP contribution < -0.4 is 5.32 Å². The molecular weight excluding hydrogens is 240 g/mol. The van der Waals surface area contributed by atoms with Crippen LogP contribution in [0, 0.1) is 6.92 Å². The molecule has 6 heteroatoms. The molecule has 5 nitrogen and oxygen atoms in total. The normalized spacial score (nSPS) is 10.5. The van der Waals surface area contributed by atoms with Gasteiger partial charge in [0.05, 0.1) is 6.61 Å². The number of aromatic nitrogens is 1. The van der Waals surface area contributed by atoms with Crippen molar-refractivity contribution in [2.45, 2.75) is 6.92 Å². The van der Waals surface area contributed by atoms with Crippen LogP contribution >= 0.6 is 11.3 Å². The average molecular weight is 252 g/mol. The quantitative estimate of drug-likeness (QED) is 0.863. The topological polar surface area (TPSA) is 75.4 Å². The molecule has 0 atom stereocenters. The molecule has 2 heterocycles. The number of aliphatic hydroxyl groups excluding tert-OH is 1. The lowest BCUT2D eigenvalue weighted by Crippen LogP contribution is -2.26. The molecule has 2 N–H and O–H groups in total. The van der Waals surface area contributed by atoms with Crippen LogP contribution in [0.1, 0.15) is 16.2 Å². The van der Waals surface area contributed by atoms with Gasteiger partial charge in [0.1, 0.15) is 11.5 Å². The monoisotopic (exact) mass is 252 g/mol. The molecular formula is C11H12N2O3S. The number of amides is 1. The highest BCUT2D eigenvalue weighted by atomic mass is 32.1. The predicted molar refractivity (Wildman–Crippen MR) is 64.0 cm³/mol. The maximum atomic E-state index is 11.5. The first kappa shape index (κ1) is 11.8. The molecule has 0 aliphatic carbocycles. The van der Waals surface area contributed by atoms with Crippen molar-refractivity contribution in [2.24, 2.45) is 0 Å². The molecule has 0 saturated carbocycles. The van der Waals surface area contributed by atoms with Crippen LogP contribution in [0.25, 0.3) is 10.8 Å². The lowest BCUT2D eigenvalue weighted by Gasteiger charge is -1.98. The molecule has 0 aliphatic rings. The summed E-state index contributed by atoms with van der Waals surface area (Å²) in [6.45, 7) is 2.00. The lowest BCUT2D eigenvalue weighted by atomic mass is 10.4. The SMILES string of the molecule is Cc1ccc(-c2nc(C(=O)NCCO)cs2)o1. The Balaban J connectivity index is 2.13. The Hall–Kier alpha value is -1.66. The molecule has 0 bridgehead atoms. The van der Waals surface area contributed by atoms with E-state index < -0.39 is 0 Å². The van der Waals surface area contributed by atoms with Crippen molar-refractivity contribution in [3.63, 3.8) is 0 Å². The number of furan rings is 1. The van der Waals surface area contributed by atoms with Crippen LogP contribution in [0.2, 0.25) is 0 Å². The first-order chi connectivity index (χ1) is 8.20. The highest BCUT2D eigenvalue weighted by molar-refractivity contribution is 7.13. The van der Waals surface area contributed by atoms with E-state index in [0.29, 0.717) is 16.5 Å². The Morgan fingerprint density at radius 2 is 2.41 bits per heavy atom. The van der Waals surface area contributed by atoms with Gasteiger partial charge in [-0.1, -0.05) is 0 Å². The molecule has 2 rings (SSSR count). The number of nitrogens with one attached hydrogen (secondary N) is 1. The summed E-state index contributed by atoms with van der Waals surface area (Å²) in [5, 5.41) is 13.5. The van der Waals surface area contributed by atoms with Gasteiger partial charge in [0.2, 0.25) is 0 Å². The van der Waals surface area contributed by atoms with E-state index in [4.69, 9.17) is 9.52 Å². The van der Waals surface area contributed by atoms with Crippen LogP contribution in [0.3, 0.4) is 0 Å². The highest BCUT2D eigenvalue weighted by Crippen LogP contribution is 2.25. The highest BCUT2D eigenvalue weighted by Gasteiger charge is 2.12. The zero-order valence-electron chi connectivity index (χ0n) is 9.27. The van der Waals surface area contributed by atoms with Gasteiger partial charge >= 0.3 is 0 Å². The standard InChI is InChI=1S/C11H12N2O3S/c1-7-2-3-9(16-7)11-13-8(6-17-11)10(15)12-4-5-14/h2-3,6,14H,4-5H2,1H3,(H,12,15). The van der Waals surface area contributed by atoms with Crippen molar-refractivity contribution < 1.29 is 14.3 Å². The van der Waals surface area contributed by atoms with E-state index in [2.05, 4.69) is 10.3 Å². The maximum Gasteiger partial charge on any atom is 0.270 e. The summed E-state index contributed by atoms with van der Waals surface area (Å²) in [4.78, 5) is 15.7. The van der Waals surface area contributed by atoms with Gasteiger partial charge in [-0.2, -0.15) is 0 Å². The fourth-order valence-electron chi connectivity index (χ4n) is 1.30. The summed E-state index contributed by atoms with van der Waals surface area (Å²) in [5.74, 6) is 1.18. The van der Waals surface area contributed by atoms with E-state index in [1.165, 1.54) is 11.3 Å². The number of thiazole rings is 1. The summed E-state index contributed by atoms with van der Waals surface area (Å²) in [7, 11) is 0. The number of aryl methyl sites for hydroxylation is 1. The van der Waals surface area contributed by atoms with Crippen LogP contribution in [0.15, 0.2) is 21.9 Å². The van der Waals surface area contributed by atoms with E-state index >= 15 is 0 Å². The minimum atomic E-state index is -0.287. The molecule has 0 spiro atoms. The van der Waals surface area contributed by atoms with Gasteiger partial charge in [0, 0.05) is 11.9 Å². The molecule has 90 valence electrons. The molecule has 0 radical (unpaired) electrons. The second-order valence-corrected chi connectivity index (χ2v) is 4.29. The van der Waals surface area contributed by atoms with E-state index in [1.54, 1.807) is 5.38 Å².